The van der Waals surface area contributed by atoms with Gasteiger partial charge in [0.2, 0.25) is 11.8 Å². The maximum atomic E-state index is 12.4. The lowest BCUT2D eigenvalue weighted by Gasteiger charge is -2.41. The van der Waals surface area contributed by atoms with Gasteiger partial charge in [0.05, 0.1) is 18.8 Å². The zero-order valence-corrected chi connectivity index (χ0v) is 28.6. The molecule has 0 radical (unpaired) electrons. The van der Waals surface area contributed by atoms with E-state index in [4.69, 9.17) is 9.47 Å². The number of nitrogens with one attached hydrogen (secondary N) is 2. The van der Waals surface area contributed by atoms with Crippen molar-refractivity contribution in [3.63, 3.8) is 0 Å². The fourth-order valence-corrected chi connectivity index (χ4v) is 6.79. The summed E-state index contributed by atoms with van der Waals surface area (Å²) in [6.45, 7) is 4.75. The number of unbranched alkanes of at least 4 members (excludes halogenated alkanes) is 2. The summed E-state index contributed by atoms with van der Waals surface area (Å²) in [4.78, 5) is 23.4. The number of carbonyl (C=O) groups is 2. The Morgan fingerprint density at radius 3 is 2.42 bits per heavy atom. The Hall–Kier alpha value is -4.03. The second-order valence-corrected chi connectivity index (χ2v) is 13.2. The number of aliphatic hydroxyl groups excluding tert-OH is 1. The van der Waals surface area contributed by atoms with E-state index in [-0.39, 0.29) is 36.5 Å². The Bertz CT molecular complexity index is 1650. The molecule has 254 valence electrons. The van der Waals surface area contributed by atoms with Gasteiger partial charge in [0.15, 0.2) is 11.4 Å². The molecular weight excluding hydrogens is 627 g/mol. The molecule has 1 fully saturated rings. The molecule has 0 unspecified atom stereocenters. The molecule has 11 heteroatoms. The number of thioether (sulfide) groups is 1. The van der Waals surface area contributed by atoms with E-state index in [1.54, 1.807) is 18.1 Å². The molecule has 3 aromatic carbocycles. The van der Waals surface area contributed by atoms with E-state index in [9.17, 15) is 14.7 Å². The van der Waals surface area contributed by atoms with Gasteiger partial charge in [-0.3, -0.25) is 9.59 Å². The predicted molar refractivity (Wildman–Crippen MR) is 186 cm³/mol. The summed E-state index contributed by atoms with van der Waals surface area (Å²) < 4.78 is 15.2. The lowest BCUT2D eigenvalue weighted by molar-refractivity contribution is -0.268. The fourth-order valence-electron chi connectivity index (χ4n) is 5.74. The first-order chi connectivity index (χ1) is 23.3. The van der Waals surface area contributed by atoms with Crippen molar-refractivity contribution in [3.8, 4) is 11.1 Å². The van der Waals surface area contributed by atoms with Gasteiger partial charge in [0.1, 0.15) is 6.33 Å². The number of amides is 2. The highest BCUT2D eigenvalue weighted by Gasteiger charge is 2.38. The van der Waals surface area contributed by atoms with Crippen molar-refractivity contribution in [3.05, 3.63) is 101 Å². The van der Waals surface area contributed by atoms with Gasteiger partial charge in [-0.25, -0.2) is 0 Å². The Morgan fingerprint density at radius 1 is 0.917 bits per heavy atom. The molecule has 1 saturated heterocycles. The van der Waals surface area contributed by atoms with E-state index < -0.39 is 6.29 Å². The van der Waals surface area contributed by atoms with Crippen molar-refractivity contribution in [2.45, 2.75) is 76.3 Å². The molecule has 2 heterocycles. The summed E-state index contributed by atoms with van der Waals surface area (Å²) in [6.07, 6.45) is 3.78. The highest BCUT2D eigenvalue weighted by molar-refractivity contribution is 7.99. The molecule has 48 heavy (non-hydrogen) atoms. The van der Waals surface area contributed by atoms with Gasteiger partial charge < -0.3 is 29.8 Å². The maximum absolute atomic E-state index is 12.4. The molecule has 5 rings (SSSR count). The Morgan fingerprint density at radius 2 is 1.69 bits per heavy atom. The van der Waals surface area contributed by atoms with E-state index in [0.29, 0.717) is 25.3 Å². The standard InChI is InChI=1S/C37H45N5O5S/c1-25-33(23-48-37-41-40-24-42(37)3)46-36(47-35(25)29-16-14-27(22-43)15-17-29)32-12-8-11-31(20-32)30-10-7-9-28(19-30)21-39-34(45)13-5-4-6-18-38-26(2)44/h7-12,14-17,19-20,24-25,33,35-36,43H,4-6,13,18,21-23H2,1-3H3,(H,38,44)(H,39,45)/t25-,33+,35+,36+/m1/s1. The van der Waals surface area contributed by atoms with Crippen LogP contribution in [0.5, 0.6) is 0 Å². The highest BCUT2D eigenvalue weighted by atomic mass is 32.2. The average Bonchev–Trinajstić information content (AvgIpc) is 3.52. The van der Waals surface area contributed by atoms with E-state index in [1.807, 2.05) is 60.1 Å². The topological polar surface area (TPSA) is 128 Å². The van der Waals surface area contributed by atoms with Crippen LogP contribution in [0.15, 0.2) is 84.3 Å². The third kappa shape index (κ3) is 9.76. The van der Waals surface area contributed by atoms with Gasteiger partial charge in [-0.2, -0.15) is 0 Å². The van der Waals surface area contributed by atoms with Crippen LogP contribution in [-0.2, 0) is 39.3 Å². The zero-order chi connectivity index (χ0) is 33.9. The van der Waals surface area contributed by atoms with Gasteiger partial charge in [-0.05, 0) is 52.8 Å². The molecular formula is C37H45N5O5S. The summed E-state index contributed by atoms with van der Waals surface area (Å²) in [7, 11) is 1.93. The smallest absolute Gasteiger partial charge is 0.220 e. The van der Waals surface area contributed by atoms with Crippen LogP contribution < -0.4 is 10.6 Å². The molecule has 1 aliphatic heterocycles. The number of nitrogens with zero attached hydrogens (tertiary/aromatic N) is 3. The molecule has 0 bridgehead atoms. The minimum absolute atomic E-state index is 0.00739. The van der Waals surface area contributed by atoms with E-state index in [0.717, 1.165) is 57.8 Å². The monoisotopic (exact) mass is 671 g/mol. The number of carbonyl (C=O) groups excluding carboxylic acids is 2. The molecule has 0 spiro atoms. The molecule has 4 atom stereocenters. The number of aromatic nitrogens is 3. The van der Waals surface area contributed by atoms with E-state index in [1.165, 1.54) is 6.92 Å². The third-order valence-corrected chi connectivity index (χ3v) is 9.66. The Kier molecular flexibility index (Phi) is 12.8. The summed E-state index contributed by atoms with van der Waals surface area (Å²) in [5.41, 5.74) is 5.90. The lowest BCUT2D eigenvalue weighted by Crippen LogP contribution is -2.38. The first-order valence-corrected chi connectivity index (χ1v) is 17.5. The largest absolute Gasteiger partial charge is 0.392 e. The van der Waals surface area contributed by atoms with Gasteiger partial charge in [-0.15, -0.1) is 10.2 Å². The summed E-state index contributed by atoms with van der Waals surface area (Å²) in [5, 5.41) is 24.5. The number of rotatable bonds is 15. The molecule has 10 nitrogen and oxygen atoms in total. The van der Waals surface area contributed by atoms with Crippen LogP contribution in [-0.4, -0.2) is 50.1 Å². The first kappa shape index (κ1) is 35.3. The number of aliphatic hydroxyl groups is 1. The number of aryl methyl sites for hydroxylation is 1. The molecule has 0 aliphatic carbocycles. The SMILES string of the molecule is CC(=O)NCCCCCC(=O)NCc1cccc(-c2cccc([C@H]3O[C@@H](CSc4nncn4C)[C@@H](C)[C@@H](c4ccc(CO)cc4)O3)c2)c1. The highest BCUT2D eigenvalue weighted by Crippen LogP contribution is 2.43. The fraction of sp³-hybridized carbons (Fsp3) is 0.405. The van der Waals surface area contributed by atoms with E-state index in [2.05, 4.69) is 52.0 Å². The van der Waals surface area contributed by atoms with Gasteiger partial charge in [-0.1, -0.05) is 85.8 Å². The minimum Gasteiger partial charge on any atom is -0.392 e. The number of benzene rings is 3. The van der Waals surface area contributed by atoms with Crippen LogP contribution in [0.4, 0.5) is 0 Å². The van der Waals surface area contributed by atoms with Gasteiger partial charge in [0.25, 0.3) is 0 Å². The second-order valence-electron chi connectivity index (χ2n) is 12.3. The molecule has 3 N–H and O–H groups in total. The van der Waals surface area contributed by atoms with Crippen LogP contribution in [0.2, 0.25) is 0 Å². The third-order valence-electron chi connectivity index (χ3n) is 8.53. The Balaban J connectivity index is 1.26. The van der Waals surface area contributed by atoms with Crippen molar-refractivity contribution in [2.75, 3.05) is 12.3 Å². The van der Waals surface area contributed by atoms with Crippen LogP contribution in [0, 0.1) is 5.92 Å². The first-order valence-electron chi connectivity index (χ1n) is 16.5. The Labute approximate surface area is 286 Å². The van der Waals surface area contributed by atoms with Gasteiger partial charge >= 0.3 is 0 Å². The number of hydrogen-bond acceptors (Lipinski definition) is 8. The second kappa shape index (κ2) is 17.4. The van der Waals surface area contributed by atoms with Crippen molar-refractivity contribution < 1.29 is 24.2 Å². The van der Waals surface area contributed by atoms with Gasteiger partial charge in [0, 0.05) is 50.7 Å². The summed E-state index contributed by atoms with van der Waals surface area (Å²) in [5.74, 6) is 0.736. The van der Waals surface area contributed by atoms with Crippen molar-refractivity contribution in [1.29, 1.82) is 0 Å². The lowest BCUT2D eigenvalue weighted by atomic mass is 9.91. The maximum Gasteiger partial charge on any atom is 0.220 e. The van der Waals surface area contributed by atoms with Crippen molar-refractivity contribution >= 4 is 23.6 Å². The number of hydrogen-bond donors (Lipinski definition) is 3. The van der Waals surface area contributed by atoms with Crippen molar-refractivity contribution in [1.82, 2.24) is 25.4 Å². The summed E-state index contributed by atoms with van der Waals surface area (Å²) >= 11 is 1.61. The van der Waals surface area contributed by atoms with E-state index >= 15 is 0 Å². The van der Waals surface area contributed by atoms with Crippen LogP contribution >= 0.6 is 11.8 Å². The quantitative estimate of drug-likeness (QED) is 0.106. The zero-order valence-electron chi connectivity index (χ0n) is 27.8. The molecule has 2 amide bonds. The molecule has 0 saturated carbocycles. The molecule has 4 aromatic rings. The van der Waals surface area contributed by atoms with Crippen LogP contribution in [0.3, 0.4) is 0 Å². The summed E-state index contributed by atoms with van der Waals surface area (Å²) in [6, 6.07) is 24.3. The molecule has 1 aliphatic rings. The molecule has 1 aromatic heterocycles. The predicted octanol–water partition coefficient (Wildman–Crippen LogP) is 5.87. The average molecular weight is 672 g/mol. The normalized spacial score (nSPS) is 19.2. The number of ether oxygens (including phenoxy) is 2. The minimum atomic E-state index is -0.588. The van der Waals surface area contributed by atoms with Crippen LogP contribution in [0.25, 0.3) is 11.1 Å². The van der Waals surface area contributed by atoms with Crippen molar-refractivity contribution in [2.24, 2.45) is 13.0 Å². The van der Waals surface area contributed by atoms with Crippen LogP contribution in [0.1, 0.15) is 74.2 Å².